The molecule has 4 aromatic rings. The monoisotopic (exact) mass is 746 g/mol. The van der Waals surface area contributed by atoms with Crippen LogP contribution in [0.2, 0.25) is 9.36 Å². The van der Waals surface area contributed by atoms with E-state index in [4.69, 9.17) is 0 Å². The summed E-state index contributed by atoms with van der Waals surface area (Å²) < 4.78 is 8.60. The maximum absolute atomic E-state index is 4.05. The normalized spacial score (nSPS) is 17.2. The molecule has 2 atom stereocenters. The van der Waals surface area contributed by atoms with Gasteiger partial charge in [0.15, 0.2) is 0 Å². The summed E-state index contributed by atoms with van der Waals surface area (Å²) >= 11 is -4.05. The number of rotatable bonds is 10. The molecule has 226 valence electrons. The third kappa shape index (κ3) is 4.95. The van der Waals surface area contributed by atoms with E-state index in [1.54, 1.807) is 11.1 Å². The molecular weight excluding hydrogens is 695 g/mol. The number of aryl methyl sites for hydroxylation is 2. The summed E-state index contributed by atoms with van der Waals surface area (Å²) in [5, 5.41) is 0. The molecular formula is C43H50Hf. The molecule has 0 fully saturated rings. The Labute approximate surface area is 267 Å². The molecule has 0 heterocycles. The average molecular weight is 745 g/mol. The molecule has 0 saturated heterocycles. The minimum absolute atomic E-state index is 0.496. The van der Waals surface area contributed by atoms with Crippen LogP contribution in [0.1, 0.15) is 94.1 Å². The Balaban J connectivity index is 1.58. The number of allylic oxidation sites excluding steroid dienone is 2. The first-order valence-corrected chi connectivity index (χ1v) is 30.3. The van der Waals surface area contributed by atoms with Crippen LogP contribution < -0.4 is 0 Å². The van der Waals surface area contributed by atoms with Crippen LogP contribution in [0, 0.1) is 0 Å². The Morgan fingerprint density at radius 1 is 0.523 bits per heavy atom. The maximum atomic E-state index is 2.84. The fourth-order valence-electron chi connectivity index (χ4n) is 9.03. The van der Waals surface area contributed by atoms with E-state index in [2.05, 4.69) is 146 Å². The van der Waals surface area contributed by atoms with Gasteiger partial charge in [-0.3, -0.25) is 0 Å². The van der Waals surface area contributed by atoms with Crippen LogP contribution in [0.25, 0.3) is 34.4 Å². The van der Waals surface area contributed by atoms with E-state index in [0.29, 0.717) is 7.35 Å². The van der Waals surface area contributed by atoms with Gasteiger partial charge in [0.05, 0.1) is 0 Å². The Morgan fingerprint density at radius 2 is 0.932 bits per heavy atom. The van der Waals surface area contributed by atoms with Crippen molar-refractivity contribution in [1.29, 1.82) is 0 Å². The van der Waals surface area contributed by atoms with E-state index >= 15 is 0 Å². The zero-order chi connectivity index (χ0) is 30.9. The van der Waals surface area contributed by atoms with Gasteiger partial charge < -0.3 is 0 Å². The second-order valence-corrected chi connectivity index (χ2v) is 39.8. The van der Waals surface area contributed by atoms with E-state index in [0.717, 1.165) is 12.8 Å². The van der Waals surface area contributed by atoms with Crippen molar-refractivity contribution in [2.75, 3.05) is 0 Å². The number of benzene rings is 4. The van der Waals surface area contributed by atoms with Crippen molar-refractivity contribution in [2.45, 2.75) is 82.9 Å². The van der Waals surface area contributed by atoms with E-state index in [1.807, 2.05) is 3.26 Å². The predicted octanol–water partition coefficient (Wildman–Crippen LogP) is 12.5. The Morgan fingerprint density at radius 3 is 1.34 bits per heavy atom. The van der Waals surface area contributed by atoms with Crippen molar-refractivity contribution in [2.24, 2.45) is 0 Å². The number of hydrogen-bond donors (Lipinski definition) is 0. The summed E-state index contributed by atoms with van der Waals surface area (Å²) in [5.74, 6) is 0. The molecule has 0 amide bonds. The third-order valence-electron chi connectivity index (χ3n) is 11.4. The molecule has 0 nitrogen and oxygen atoms in total. The fourth-order valence-corrected chi connectivity index (χ4v) is 34.7. The topological polar surface area (TPSA) is 0 Å². The SMILES string of the molecule is CCC[C](CCC)=[Hf]([CH3])([CH3])([CH]1C=Cc2c(-c3ccccc3CC)cccc21)[CH]1C=Cc2c(-c3ccccc3CC)cccc21. The Kier molecular flexibility index (Phi) is 8.82. The van der Waals surface area contributed by atoms with Crippen LogP contribution in [0.5, 0.6) is 0 Å². The Bertz CT molecular complexity index is 1690. The third-order valence-corrected chi connectivity index (χ3v) is 38.6. The average Bonchev–Trinajstić information content (AvgIpc) is 3.71. The standard InChI is InChI=1S/2C17H15.C7H14.2CH3.Hf/c2*1-2-13-7-3-4-10-15(13)17-12-6-9-14-8-5-11-16(14)17;1-3-5-7-6-4-2;;;/h2*3-12H,2H2,1H3;3-6H2,1-2H3;2*1H3;. The van der Waals surface area contributed by atoms with Gasteiger partial charge in [-0.15, -0.1) is 0 Å². The van der Waals surface area contributed by atoms with Crippen molar-refractivity contribution in [3.63, 3.8) is 0 Å². The van der Waals surface area contributed by atoms with Crippen molar-refractivity contribution < 1.29 is 18.0 Å². The van der Waals surface area contributed by atoms with E-state index in [-0.39, 0.29) is 0 Å². The second kappa shape index (κ2) is 12.5. The van der Waals surface area contributed by atoms with Gasteiger partial charge in [-0.05, 0) is 0 Å². The first-order chi connectivity index (χ1) is 21.4. The molecule has 0 radical (unpaired) electrons. The van der Waals surface area contributed by atoms with Gasteiger partial charge in [0.25, 0.3) is 0 Å². The molecule has 2 unspecified atom stereocenters. The summed E-state index contributed by atoms with van der Waals surface area (Å²) in [4.78, 5) is 0. The molecule has 2 aliphatic rings. The fraction of sp³-hybridized carbons (Fsp3) is 0.326. The molecule has 1 heteroatoms. The molecule has 0 aromatic heterocycles. The van der Waals surface area contributed by atoms with E-state index < -0.39 is 18.0 Å². The van der Waals surface area contributed by atoms with Gasteiger partial charge >= 0.3 is 269 Å². The molecule has 0 saturated carbocycles. The minimum atomic E-state index is -4.05. The van der Waals surface area contributed by atoms with Crippen molar-refractivity contribution in [1.82, 2.24) is 0 Å². The van der Waals surface area contributed by atoms with Gasteiger partial charge in [-0.2, -0.15) is 0 Å². The quantitative estimate of drug-likeness (QED) is 0.142. The Hall–Kier alpha value is -2.90. The molecule has 0 N–H and O–H groups in total. The molecule has 0 bridgehead atoms. The van der Waals surface area contributed by atoms with Gasteiger partial charge in [0, 0.05) is 0 Å². The van der Waals surface area contributed by atoms with Crippen LogP contribution >= 0.6 is 0 Å². The van der Waals surface area contributed by atoms with Crippen molar-refractivity contribution in [3.05, 3.63) is 130 Å². The first kappa shape index (κ1) is 31.1. The molecule has 0 spiro atoms. The van der Waals surface area contributed by atoms with Crippen molar-refractivity contribution in [3.8, 4) is 22.3 Å². The number of fused-ring (bicyclic) bond motifs is 2. The molecule has 6 rings (SSSR count). The predicted molar refractivity (Wildman–Crippen MR) is 193 cm³/mol. The van der Waals surface area contributed by atoms with Gasteiger partial charge in [-0.25, -0.2) is 0 Å². The summed E-state index contributed by atoms with van der Waals surface area (Å²) in [6, 6.07) is 32.4. The van der Waals surface area contributed by atoms with Crippen LogP contribution in [0.4, 0.5) is 0 Å². The molecule has 2 aliphatic carbocycles. The summed E-state index contributed by atoms with van der Waals surface area (Å²) in [5.41, 5.74) is 14.6. The summed E-state index contributed by atoms with van der Waals surface area (Å²) in [6.45, 7) is 9.35. The zero-order valence-electron chi connectivity index (χ0n) is 27.8. The van der Waals surface area contributed by atoms with Crippen LogP contribution in [-0.4, -0.2) is 3.26 Å². The number of hydrogen-bond acceptors (Lipinski definition) is 0. The van der Waals surface area contributed by atoms with E-state index in [9.17, 15) is 0 Å². The molecule has 4 aromatic carbocycles. The summed E-state index contributed by atoms with van der Waals surface area (Å²) in [7, 11) is 0. The van der Waals surface area contributed by atoms with Crippen molar-refractivity contribution >= 4 is 15.4 Å². The van der Waals surface area contributed by atoms with Gasteiger partial charge in [0.2, 0.25) is 0 Å². The zero-order valence-corrected chi connectivity index (χ0v) is 31.4. The summed E-state index contributed by atoms with van der Waals surface area (Å²) in [6.07, 6.45) is 17.4. The van der Waals surface area contributed by atoms with Gasteiger partial charge in [-0.1, -0.05) is 0 Å². The second-order valence-electron chi connectivity index (χ2n) is 14.0. The van der Waals surface area contributed by atoms with E-state index in [1.165, 1.54) is 70.2 Å². The van der Waals surface area contributed by atoms with Crippen LogP contribution in [0.15, 0.2) is 97.1 Å². The van der Waals surface area contributed by atoms with Crippen LogP contribution in [0.3, 0.4) is 0 Å². The van der Waals surface area contributed by atoms with Crippen LogP contribution in [-0.2, 0) is 30.9 Å². The molecule has 0 aliphatic heterocycles. The van der Waals surface area contributed by atoms with Gasteiger partial charge in [0.1, 0.15) is 0 Å². The first-order valence-electron chi connectivity index (χ1n) is 17.2. The molecule has 44 heavy (non-hydrogen) atoms.